The van der Waals surface area contributed by atoms with Crippen molar-refractivity contribution in [2.75, 3.05) is 5.32 Å². The Hall–Kier alpha value is -2.71. The van der Waals surface area contributed by atoms with Crippen molar-refractivity contribution in [3.05, 3.63) is 76.3 Å². The summed E-state index contributed by atoms with van der Waals surface area (Å²) in [4.78, 5) is 17.4. The van der Waals surface area contributed by atoms with E-state index < -0.39 is 0 Å². The molecule has 0 saturated heterocycles. The zero-order valence-corrected chi connectivity index (χ0v) is 20.8. The molecule has 5 nitrogen and oxygen atoms in total. The fraction of sp³-hybridized carbons (Fsp3) is 0.125. The Bertz CT molecular complexity index is 1320. The fourth-order valence-corrected chi connectivity index (χ4v) is 4.88. The van der Waals surface area contributed by atoms with Gasteiger partial charge in [-0.2, -0.15) is 0 Å². The van der Waals surface area contributed by atoms with Gasteiger partial charge in [-0.25, -0.2) is 4.98 Å². The molecule has 0 aliphatic heterocycles. The molecule has 1 aromatic heterocycles. The van der Waals surface area contributed by atoms with E-state index in [4.69, 9.17) is 45.1 Å². The molecule has 1 heterocycles. The third-order valence-corrected chi connectivity index (χ3v) is 6.30. The first-order chi connectivity index (χ1) is 15.8. The number of anilines is 1. The second kappa shape index (κ2) is 10.1. The van der Waals surface area contributed by atoms with Crippen molar-refractivity contribution in [3.8, 4) is 16.3 Å². The molecule has 9 heteroatoms. The van der Waals surface area contributed by atoms with E-state index in [9.17, 15) is 4.79 Å². The summed E-state index contributed by atoms with van der Waals surface area (Å²) in [5, 5.41) is 7.39. The number of benzene rings is 3. The smallest absolute Gasteiger partial charge is 0.257 e. The third kappa shape index (κ3) is 5.62. The van der Waals surface area contributed by atoms with Crippen LogP contribution in [0, 0.1) is 0 Å². The number of rotatable bonds is 5. The zero-order valence-electron chi connectivity index (χ0n) is 17.7. The molecule has 4 aromatic rings. The predicted octanol–water partition coefficient (Wildman–Crippen LogP) is 7.18. The number of fused-ring (bicyclic) bond motifs is 1. The van der Waals surface area contributed by atoms with E-state index >= 15 is 0 Å². The second-order valence-corrected chi connectivity index (χ2v) is 9.68. The maximum atomic E-state index is 12.7. The van der Waals surface area contributed by atoms with Gasteiger partial charge in [-0.3, -0.25) is 10.1 Å². The Labute approximate surface area is 210 Å². The molecule has 0 fully saturated rings. The molecule has 4 rings (SSSR count). The largest absolute Gasteiger partial charge is 0.491 e. The van der Waals surface area contributed by atoms with Gasteiger partial charge in [-0.05, 0) is 68.5 Å². The molecule has 168 valence electrons. The number of hydrogen-bond acceptors (Lipinski definition) is 5. The van der Waals surface area contributed by atoms with Crippen molar-refractivity contribution in [3.63, 3.8) is 0 Å². The summed E-state index contributed by atoms with van der Waals surface area (Å²) in [7, 11) is 0. The van der Waals surface area contributed by atoms with Crippen LogP contribution < -0.4 is 15.4 Å². The number of ether oxygens (including phenoxy) is 1. The first-order valence-corrected chi connectivity index (χ1v) is 12.0. The molecule has 3 aromatic carbocycles. The minimum Gasteiger partial charge on any atom is -0.491 e. The van der Waals surface area contributed by atoms with Gasteiger partial charge in [0, 0.05) is 16.1 Å². The monoisotopic (exact) mass is 515 g/mol. The van der Waals surface area contributed by atoms with E-state index in [0.717, 1.165) is 15.2 Å². The van der Waals surface area contributed by atoms with Crippen LogP contribution in [0.15, 0.2) is 60.7 Å². The SMILES string of the molecule is CC(C)Oc1cccc(C(=O)NC(=S)Nc2c(Cl)cc(Cl)cc2-c2nc3ccccc3s2)c1. The van der Waals surface area contributed by atoms with Crippen LogP contribution in [0.1, 0.15) is 24.2 Å². The number of carbonyl (C=O) groups excluding carboxylic acids is 1. The van der Waals surface area contributed by atoms with E-state index in [1.807, 2.05) is 38.1 Å². The maximum absolute atomic E-state index is 12.7. The van der Waals surface area contributed by atoms with Crippen LogP contribution in [0.5, 0.6) is 5.75 Å². The molecule has 33 heavy (non-hydrogen) atoms. The van der Waals surface area contributed by atoms with E-state index in [-0.39, 0.29) is 17.1 Å². The summed E-state index contributed by atoms with van der Waals surface area (Å²) in [6.45, 7) is 3.84. The van der Waals surface area contributed by atoms with Crippen molar-refractivity contribution in [1.29, 1.82) is 0 Å². The maximum Gasteiger partial charge on any atom is 0.257 e. The van der Waals surface area contributed by atoms with E-state index in [0.29, 0.717) is 32.6 Å². The highest BCUT2D eigenvalue weighted by Gasteiger charge is 2.17. The lowest BCUT2D eigenvalue weighted by Gasteiger charge is -2.15. The van der Waals surface area contributed by atoms with Crippen molar-refractivity contribution in [2.45, 2.75) is 20.0 Å². The Kier molecular flexibility index (Phi) is 7.14. The van der Waals surface area contributed by atoms with Gasteiger partial charge < -0.3 is 10.1 Å². The third-order valence-electron chi connectivity index (χ3n) is 4.51. The van der Waals surface area contributed by atoms with Crippen molar-refractivity contribution in [2.24, 2.45) is 0 Å². The van der Waals surface area contributed by atoms with Gasteiger partial charge in [0.1, 0.15) is 10.8 Å². The minimum absolute atomic E-state index is 0.000897. The molecule has 2 N–H and O–H groups in total. The highest BCUT2D eigenvalue weighted by atomic mass is 35.5. The van der Waals surface area contributed by atoms with Gasteiger partial charge in [0.15, 0.2) is 5.11 Å². The second-order valence-electron chi connectivity index (χ2n) is 7.40. The summed E-state index contributed by atoms with van der Waals surface area (Å²) < 4.78 is 6.69. The first-order valence-electron chi connectivity index (χ1n) is 10.0. The van der Waals surface area contributed by atoms with E-state index in [2.05, 4.69) is 10.6 Å². The lowest BCUT2D eigenvalue weighted by Crippen LogP contribution is -2.34. The molecule has 0 spiro atoms. The summed E-state index contributed by atoms with van der Waals surface area (Å²) >= 11 is 19.7. The fourth-order valence-electron chi connectivity index (χ4n) is 3.16. The Morgan fingerprint density at radius 2 is 1.88 bits per heavy atom. The van der Waals surface area contributed by atoms with Crippen molar-refractivity contribution >= 4 is 73.7 Å². The van der Waals surface area contributed by atoms with Crippen LogP contribution in [0.4, 0.5) is 5.69 Å². The van der Waals surface area contributed by atoms with Gasteiger partial charge in [-0.15, -0.1) is 11.3 Å². The van der Waals surface area contributed by atoms with E-state index in [1.165, 1.54) is 11.3 Å². The first kappa shape index (κ1) is 23.4. The molecular formula is C24H19Cl2N3O2S2. The standard InChI is InChI=1S/C24H19Cl2N3O2S2/c1-13(2)31-16-7-5-6-14(10-16)22(30)29-24(32)28-21-17(11-15(25)12-18(21)26)23-27-19-8-3-4-9-20(19)33-23/h3-13H,1-2H3,(H2,28,29,30,32). The van der Waals surface area contributed by atoms with Crippen LogP contribution >= 0.6 is 46.8 Å². The lowest BCUT2D eigenvalue weighted by molar-refractivity contribution is 0.0977. The molecule has 1 amide bonds. The summed E-state index contributed by atoms with van der Waals surface area (Å²) in [6, 6.07) is 18.1. The van der Waals surface area contributed by atoms with Crippen LogP contribution in [-0.4, -0.2) is 22.1 Å². The van der Waals surface area contributed by atoms with Gasteiger partial charge in [0.25, 0.3) is 5.91 Å². The van der Waals surface area contributed by atoms with E-state index in [1.54, 1.807) is 36.4 Å². The van der Waals surface area contributed by atoms with Crippen LogP contribution in [0.3, 0.4) is 0 Å². The number of aromatic nitrogens is 1. The van der Waals surface area contributed by atoms with Gasteiger partial charge in [0.05, 0.1) is 27.0 Å². The normalized spacial score (nSPS) is 10.9. The summed E-state index contributed by atoms with van der Waals surface area (Å²) in [5.41, 5.74) is 2.50. The average Bonchev–Trinajstić information content (AvgIpc) is 3.19. The molecule has 0 saturated carbocycles. The molecular weight excluding hydrogens is 497 g/mol. The quantitative estimate of drug-likeness (QED) is 0.275. The van der Waals surface area contributed by atoms with Gasteiger partial charge in [0.2, 0.25) is 0 Å². The molecule has 0 aliphatic carbocycles. The molecule has 0 unspecified atom stereocenters. The van der Waals surface area contributed by atoms with Gasteiger partial charge in [-0.1, -0.05) is 41.4 Å². The number of nitrogens with one attached hydrogen (secondary N) is 2. The average molecular weight is 516 g/mol. The molecule has 0 aliphatic rings. The van der Waals surface area contributed by atoms with Crippen LogP contribution in [0.2, 0.25) is 10.0 Å². The Morgan fingerprint density at radius 1 is 1.09 bits per heavy atom. The number of amides is 1. The number of thiocarbonyl (C=S) groups is 1. The van der Waals surface area contributed by atoms with Crippen LogP contribution in [-0.2, 0) is 0 Å². The number of hydrogen-bond donors (Lipinski definition) is 2. The molecule has 0 bridgehead atoms. The topological polar surface area (TPSA) is 63.2 Å². The highest BCUT2D eigenvalue weighted by molar-refractivity contribution is 7.80. The lowest BCUT2D eigenvalue weighted by atomic mass is 10.2. The van der Waals surface area contributed by atoms with Crippen LogP contribution in [0.25, 0.3) is 20.8 Å². The molecule has 0 atom stereocenters. The van der Waals surface area contributed by atoms with Crippen molar-refractivity contribution < 1.29 is 9.53 Å². The summed E-state index contributed by atoms with van der Waals surface area (Å²) in [6.07, 6.45) is -0.000897. The predicted molar refractivity (Wildman–Crippen MR) is 141 cm³/mol. The number of para-hydroxylation sites is 1. The zero-order chi connectivity index (χ0) is 23.5. The number of halogens is 2. The van der Waals surface area contributed by atoms with Crippen molar-refractivity contribution in [1.82, 2.24) is 10.3 Å². The Morgan fingerprint density at radius 3 is 2.64 bits per heavy atom. The summed E-state index contributed by atoms with van der Waals surface area (Å²) in [5.74, 6) is 0.240. The number of carbonyl (C=O) groups is 1. The number of thiazole rings is 1. The van der Waals surface area contributed by atoms with Gasteiger partial charge >= 0.3 is 0 Å². The minimum atomic E-state index is -0.367. The molecule has 0 radical (unpaired) electrons. The number of nitrogens with zero attached hydrogens (tertiary/aromatic N) is 1. The Balaban J connectivity index is 1.58. The highest BCUT2D eigenvalue weighted by Crippen LogP contribution is 2.40.